The van der Waals surface area contributed by atoms with E-state index >= 15 is 0 Å². The number of halogens is 1. The Kier molecular flexibility index (Phi) is 3.87. The van der Waals surface area contributed by atoms with Crippen LogP contribution in [-0.2, 0) is 0 Å². The van der Waals surface area contributed by atoms with Gasteiger partial charge >= 0.3 is 0 Å². The second-order valence-corrected chi connectivity index (χ2v) is 3.22. The average molecular weight is 205 g/mol. The lowest BCUT2D eigenvalue weighted by molar-refractivity contribution is 0.0980. The number of hydrogen-bond acceptors (Lipinski definition) is 2. The predicted molar refractivity (Wildman–Crippen MR) is 57.8 cm³/mol. The summed E-state index contributed by atoms with van der Waals surface area (Å²) >= 11 is 0. The quantitative estimate of drug-likeness (QED) is 0.355. The Morgan fingerprint density at radius 2 is 2.27 bits per heavy atom. The molecule has 0 amide bonds. The molecule has 0 saturated heterocycles. The standard InChI is InChI=1S/C12H12FNO/c1-2-3-4-5-12(15)9-6-7-11(14)10(13)8-9/h1,6-8H,3-5,14H2. The Bertz CT molecular complexity index is 407. The highest BCUT2D eigenvalue weighted by molar-refractivity contribution is 5.96. The maximum atomic E-state index is 13.0. The number of hydrogen-bond donors (Lipinski definition) is 1. The van der Waals surface area contributed by atoms with Crippen molar-refractivity contribution < 1.29 is 9.18 Å². The lowest BCUT2D eigenvalue weighted by atomic mass is 10.1. The third-order valence-electron chi connectivity index (χ3n) is 2.05. The number of carbonyl (C=O) groups excluding carboxylic acids is 1. The number of anilines is 1. The molecule has 0 aliphatic heterocycles. The van der Waals surface area contributed by atoms with Gasteiger partial charge in [-0.25, -0.2) is 4.39 Å². The fourth-order valence-electron chi connectivity index (χ4n) is 1.20. The van der Waals surface area contributed by atoms with Crippen LogP contribution in [0, 0.1) is 18.2 Å². The van der Waals surface area contributed by atoms with Crippen molar-refractivity contribution in [3.63, 3.8) is 0 Å². The molecular formula is C12H12FNO. The first kappa shape index (κ1) is 11.3. The van der Waals surface area contributed by atoms with Crippen molar-refractivity contribution in [1.29, 1.82) is 0 Å². The summed E-state index contributed by atoms with van der Waals surface area (Å²) in [5.74, 6) is 1.78. The van der Waals surface area contributed by atoms with Crippen LogP contribution < -0.4 is 5.73 Å². The zero-order chi connectivity index (χ0) is 11.3. The minimum absolute atomic E-state index is 0.0511. The van der Waals surface area contributed by atoms with Gasteiger partial charge in [-0.2, -0.15) is 0 Å². The van der Waals surface area contributed by atoms with Crippen molar-refractivity contribution >= 4 is 11.5 Å². The number of Topliss-reactive ketones (excluding diaryl/α,β-unsaturated/α-hetero) is 1. The molecule has 0 aliphatic rings. The normalized spacial score (nSPS) is 9.60. The molecule has 0 aromatic heterocycles. The molecule has 0 aliphatic carbocycles. The first-order chi connectivity index (χ1) is 7.15. The topological polar surface area (TPSA) is 43.1 Å². The second kappa shape index (κ2) is 5.16. The maximum absolute atomic E-state index is 13.0. The zero-order valence-corrected chi connectivity index (χ0v) is 8.29. The summed E-state index contributed by atoms with van der Waals surface area (Å²) in [6.45, 7) is 0. The van der Waals surface area contributed by atoms with Crippen molar-refractivity contribution in [1.82, 2.24) is 0 Å². The van der Waals surface area contributed by atoms with E-state index in [1.165, 1.54) is 12.1 Å². The Balaban J connectivity index is 2.67. The molecule has 2 nitrogen and oxygen atoms in total. The van der Waals surface area contributed by atoms with Crippen molar-refractivity contribution in [2.45, 2.75) is 19.3 Å². The molecule has 0 spiro atoms. The van der Waals surface area contributed by atoms with Gasteiger partial charge in [0.15, 0.2) is 5.78 Å². The van der Waals surface area contributed by atoms with Gasteiger partial charge in [-0.1, -0.05) is 0 Å². The highest BCUT2D eigenvalue weighted by atomic mass is 19.1. The number of benzene rings is 1. The molecule has 2 N–H and O–H groups in total. The van der Waals surface area contributed by atoms with Crippen LogP contribution in [0.5, 0.6) is 0 Å². The van der Waals surface area contributed by atoms with Gasteiger partial charge in [-0.05, 0) is 24.6 Å². The molecule has 0 unspecified atom stereocenters. The Morgan fingerprint density at radius 1 is 1.53 bits per heavy atom. The van der Waals surface area contributed by atoms with Gasteiger partial charge in [-0.3, -0.25) is 4.79 Å². The highest BCUT2D eigenvalue weighted by Crippen LogP contribution is 2.14. The smallest absolute Gasteiger partial charge is 0.163 e. The van der Waals surface area contributed by atoms with E-state index in [-0.39, 0.29) is 11.5 Å². The van der Waals surface area contributed by atoms with E-state index in [2.05, 4.69) is 5.92 Å². The minimum Gasteiger partial charge on any atom is -0.396 e. The van der Waals surface area contributed by atoms with Gasteiger partial charge in [-0.15, -0.1) is 12.3 Å². The molecule has 0 saturated carbocycles. The number of rotatable bonds is 4. The number of terminal acetylenes is 1. The van der Waals surface area contributed by atoms with E-state index in [9.17, 15) is 9.18 Å². The van der Waals surface area contributed by atoms with Crippen molar-refractivity contribution in [2.24, 2.45) is 0 Å². The molecule has 0 atom stereocenters. The van der Waals surface area contributed by atoms with Crippen LogP contribution in [0.4, 0.5) is 10.1 Å². The van der Waals surface area contributed by atoms with E-state index in [1.54, 1.807) is 0 Å². The Labute approximate surface area is 88.3 Å². The van der Waals surface area contributed by atoms with Crippen LogP contribution >= 0.6 is 0 Å². The van der Waals surface area contributed by atoms with Crippen LogP contribution in [0.1, 0.15) is 29.6 Å². The van der Waals surface area contributed by atoms with E-state index in [1.807, 2.05) is 0 Å². The second-order valence-electron chi connectivity index (χ2n) is 3.22. The molecule has 1 rings (SSSR count). The summed E-state index contributed by atoms with van der Waals surface area (Å²) in [6.07, 6.45) is 6.59. The largest absolute Gasteiger partial charge is 0.396 e. The summed E-state index contributed by atoms with van der Waals surface area (Å²) in [5.41, 5.74) is 5.69. The van der Waals surface area contributed by atoms with Crippen molar-refractivity contribution in [2.75, 3.05) is 5.73 Å². The Morgan fingerprint density at radius 3 is 2.87 bits per heavy atom. The molecule has 0 bridgehead atoms. The lowest BCUT2D eigenvalue weighted by Gasteiger charge is -2.01. The summed E-state index contributed by atoms with van der Waals surface area (Å²) in [5, 5.41) is 0. The summed E-state index contributed by atoms with van der Waals surface area (Å²) in [6, 6.07) is 4.08. The molecule has 0 radical (unpaired) electrons. The van der Waals surface area contributed by atoms with E-state index in [0.29, 0.717) is 24.8 Å². The van der Waals surface area contributed by atoms with Gasteiger partial charge in [0.2, 0.25) is 0 Å². The van der Waals surface area contributed by atoms with Gasteiger partial charge in [0.05, 0.1) is 5.69 Å². The zero-order valence-electron chi connectivity index (χ0n) is 8.29. The van der Waals surface area contributed by atoms with E-state index in [0.717, 1.165) is 6.07 Å². The van der Waals surface area contributed by atoms with Crippen LogP contribution in [0.25, 0.3) is 0 Å². The minimum atomic E-state index is -0.558. The molecule has 1 aromatic carbocycles. The fraction of sp³-hybridized carbons (Fsp3) is 0.250. The van der Waals surface area contributed by atoms with E-state index < -0.39 is 5.82 Å². The monoisotopic (exact) mass is 205 g/mol. The van der Waals surface area contributed by atoms with Crippen LogP contribution in [0.3, 0.4) is 0 Å². The fourth-order valence-corrected chi connectivity index (χ4v) is 1.20. The van der Waals surface area contributed by atoms with Crippen LogP contribution in [0.15, 0.2) is 18.2 Å². The maximum Gasteiger partial charge on any atom is 0.163 e. The average Bonchev–Trinajstić information content (AvgIpc) is 2.22. The Hall–Kier alpha value is -1.82. The van der Waals surface area contributed by atoms with Crippen molar-refractivity contribution in [3.8, 4) is 12.3 Å². The first-order valence-corrected chi connectivity index (χ1v) is 4.67. The van der Waals surface area contributed by atoms with Crippen LogP contribution in [-0.4, -0.2) is 5.78 Å². The molecule has 1 aromatic rings. The molecule has 3 heteroatoms. The van der Waals surface area contributed by atoms with Crippen LogP contribution in [0.2, 0.25) is 0 Å². The molecule has 0 heterocycles. The first-order valence-electron chi connectivity index (χ1n) is 4.67. The molecule has 0 fully saturated rings. The van der Waals surface area contributed by atoms with Gasteiger partial charge < -0.3 is 5.73 Å². The number of nitrogen functional groups attached to an aromatic ring is 1. The van der Waals surface area contributed by atoms with Gasteiger partial charge in [0, 0.05) is 18.4 Å². The lowest BCUT2D eigenvalue weighted by Crippen LogP contribution is -2.01. The highest BCUT2D eigenvalue weighted by Gasteiger charge is 2.07. The summed E-state index contributed by atoms with van der Waals surface area (Å²) < 4.78 is 13.0. The third-order valence-corrected chi connectivity index (χ3v) is 2.05. The molecular weight excluding hydrogens is 193 g/mol. The van der Waals surface area contributed by atoms with Gasteiger partial charge in [0.25, 0.3) is 0 Å². The SMILES string of the molecule is C#CCCCC(=O)c1ccc(N)c(F)c1. The van der Waals surface area contributed by atoms with Crippen molar-refractivity contribution in [3.05, 3.63) is 29.6 Å². The van der Waals surface area contributed by atoms with E-state index in [4.69, 9.17) is 12.2 Å². The molecule has 15 heavy (non-hydrogen) atoms. The van der Waals surface area contributed by atoms with Gasteiger partial charge in [0.1, 0.15) is 5.82 Å². The number of ketones is 1. The summed E-state index contributed by atoms with van der Waals surface area (Å²) in [7, 11) is 0. The number of carbonyl (C=O) groups is 1. The summed E-state index contributed by atoms with van der Waals surface area (Å²) in [4.78, 5) is 11.5. The number of nitrogens with two attached hydrogens (primary N) is 1. The predicted octanol–water partition coefficient (Wildman–Crippen LogP) is 2.39. The third kappa shape index (κ3) is 3.10. The molecule has 78 valence electrons. The number of unbranched alkanes of at least 4 members (excludes halogenated alkanes) is 1.